The van der Waals surface area contributed by atoms with Crippen LogP contribution in [0.1, 0.15) is 54.5 Å². The molecule has 2 aromatic heterocycles. The number of imidazole rings is 1. The van der Waals surface area contributed by atoms with Crippen LogP contribution in [0.4, 0.5) is 4.39 Å². The first kappa shape index (κ1) is 32.7. The van der Waals surface area contributed by atoms with E-state index in [-0.39, 0.29) is 24.6 Å². The second kappa shape index (κ2) is 16.0. The Kier molecular flexibility index (Phi) is 12.2. The molecule has 10 nitrogen and oxygen atoms in total. The van der Waals surface area contributed by atoms with Gasteiger partial charge in [-0.15, -0.1) is 16.9 Å². The molecule has 0 atom stereocenters. The molecule has 0 amide bonds. The Morgan fingerprint density at radius 2 is 1.98 bits per heavy atom. The lowest BCUT2D eigenvalue weighted by Gasteiger charge is -2.31. The predicted molar refractivity (Wildman–Crippen MR) is 166 cm³/mol. The highest BCUT2D eigenvalue weighted by Gasteiger charge is 2.23. The average Bonchev–Trinajstić information content (AvgIpc) is 3.82. The van der Waals surface area contributed by atoms with Gasteiger partial charge >= 0.3 is 12.0 Å². The molecule has 0 aliphatic carbocycles. The van der Waals surface area contributed by atoms with Crippen molar-refractivity contribution in [2.24, 2.45) is 7.05 Å². The normalized spacial score (nSPS) is 15.4. The summed E-state index contributed by atoms with van der Waals surface area (Å²) in [6.07, 6.45) is 3.48. The third-order valence-electron chi connectivity index (χ3n) is 7.09. The number of nitrogens with zero attached hydrogens (tertiary/aromatic N) is 6. The van der Waals surface area contributed by atoms with Gasteiger partial charge in [0.2, 0.25) is 0 Å². The molecule has 2 aliphatic rings. The summed E-state index contributed by atoms with van der Waals surface area (Å²) in [5.74, 6) is 2.27. The van der Waals surface area contributed by atoms with Crippen LogP contribution >= 0.6 is 23.4 Å². The number of hydrogen-bond acceptors (Lipinski definition) is 9. The van der Waals surface area contributed by atoms with Crippen LogP contribution in [-0.4, -0.2) is 73.7 Å². The van der Waals surface area contributed by atoms with Crippen LogP contribution in [0.5, 0.6) is 6.01 Å². The molecule has 13 heteroatoms. The van der Waals surface area contributed by atoms with E-state index < -0.39 is 5.82 Å². The minimum Gasteiger partial charge on any atom is -0.465 e. The maximum Gasteiger partial charge on any atom is 0.337 e. The molecule has 43 heavy (non-hydrogen) atoms. The number of aromatic nitrogens is 5. The van der Waals surface area contributed by atoms with Gasteiger partial charge in [-0.25, -0.2) is 18.9 Å². The standard InChI is InChI=1S/C25H26ClFN6O3.C3H6OS.C2H6/c1-31-22-11-16(24(34)35-2)4-6-21(22)29-23(31)13-32-9-7-19(8-10-32)33-15-28-25(30-33)36-14-17-3-5-18(26)12-20(17)27;1-2-5-3-4-1;1-2/h3-6,11-12,15,19H,7-10,13-14H2,1-2H3;1-3H2;1-2H3. The number of likely N-dealkylation sites (tertiary alicyclic amines) is 1. The van der Waals surface area contributed by atoms with E-state index in [1.54, 1.807) is 24.5 Å². The molecule has 2 aliphatic heterocycles. The Morgan fingerprint density at radius 1 is 1.19 bits per heavy atom. The summed E-state index contributed by atoms with van der Waals surface area (Å²) in [6.45, 7) is 7.47. The number of methoxy groups -OCH3 is 1. The summed E-state index contributed by atoms with van der Waals surface area (Å²) < 4.78 is 33.1. The van der Waals surface area contributed by atoms with E-state index in [0.717, 1.165) is 55.3 Å². The third kappa shape index (κ3) is 8.69. The number of ether oxygens (including phenoxy) is 3. The predicted octanol–water partition coefficient (Wildman–Crippen LogP) is 5.89. The molecule has 0 spiro atoms. The van der Waals surface area contributed by atoms with Crippen LogP contribution in [-0.2, 0) is 29.7 Å². The van der Waals surface area contributed by atoms with Gasteiger partial charge in [-0.2, -0.15) is 4.98 Å². The van der Waals surface area contributed by atoms with Crippen molar-refractivity contribution >= 4 is 40.4 Å². The zero-order valence-corrected chi connectivity index (χ0v) is 26.5. The fourth-order valence-electron chi connectivity index (χ4n) is 4.74. The molecular weight excluding hydrogens is 595 g/mol. The molecule has 0 saturated carbocycles. The van der Waals surface area contributed by atoms with Crippen molar-refractivity contribution in [1.82, 2.24) is 29.2 Å². The smallest absolute Gasteiger partial charge is 0.337 e. The number of esters is 1. The zero-order valence-electron chi connectivity index (χ0n) is 25.0. The number of fused-ring (bicyclic) bond motifs is 1. The quantitative estimate of drug-likeness (QED) is 0.231. The van der Waals surface area contributed by atoms with Crippen molar-refractivity contribution in [1.29, 1.82) is 0 Å². The number of carbonyl (C=O) groups is 1. The minimum absolute atomic E-state index is 0.0323. The highest BCUT2D eigenvalue weighted by atomic mass is 35.5. The van der Waals surface area contributed by atoms with Gasteiger partial charge < -0.3 is 18.8 Å². The number of rotatable bonds is 7. The van der Waals surface area contributed by atoms with Crippen LogP contribution in [0.3, 0.4) is 0 Å². The van der Waals surface area contributed by atoms with Crippen LogP contribution in [0.2, 0.25) is 5.02 Å². The molecule has 2 fully saturated rings. The fourth-order valence-corrected chi connectivity index (χ4v) is 5.49. The monoisotopic (exact) mass is 632 g/mol. The number of aryl methyl sites for hydroxylation is 1. The fraction of sp³-hybridized carbons (Fsp3) is 0.467. The lowest BCUT2D eigenvalue weighted by atomic mass is 10.1. The van der Waals surface area contributed by atoms with Crippen LogP contribution in [0, 0.1) is 5.82 Å². The zero-order chi connectivity index (χ0) is 30.8. The number of benzene rings is 2. The van der Waals surface area contributed by atoms with Gasteiger partial charge in [-0.3, -0.25) is 4.90 Å². The molecule has 0 unspecified atom stereocenters. The van der Waals surface area contributed by atoms with E-state index in [1.165, 1.54) is 18.9 Å². The molecule has 2 aromatic carbocycles. The van der Waals surface area contributed by atoms with Gasteiger partial charge in [0.15, 0.2) is 0 Å². The average molecular weight is 633 g/mol. The maximum atomic E-state index is 14.0. The van der Waals surface area contributed by atoms with Crippen LogP contribution < -0.4 is 4.74 Å². The Balaban J connectivity index is 0.000000540. The maximum absolute atomic E-state index is 14.0. The third-order valence-corrected chi connectivity index (χ3v) is 8.11. The van der Waals surface area contributed by atoms with E-state index in [2.05, 4.69) is 15.0 Å². The largest absolute Gasteiger partial charge is 0.465 e. The molecule has 0 radical (unpaired) electrons. The Morgan fingerprint density at radius 3 is 2.63 bits per heavy atom. The highest BCUT2D eigenvalue weighted by molar-refractivity contribution is 7.99. The number of halogens is 2. The van der Waals surface area contributed by atoms with Gasteiger partial charge in [0, 0.05) is 36.5 Å². The number of hydrogen-bond donors (Lipinski definition) is 0. The first-order valence-electron chi connectivity index (χ1n) is 14.3. The molecule has 6 rings (SSSR count). The summed E-state index contributed by atoms with van der Waals surface area (Å²) in [4.78, 5) is 23.2. The number of thioether (sulfide) groups is 1. The van der Waals surface area contributed by atoms with Crippen molar-refractivity contribution in [3.8, 4) is 6.01 Å². The minimum atomic E-state index is -0.418. The van der Waals surface area contributed by atoms with E-state index >= 15 is 0 Å². The summed E-state index contributed by atoms with van der Waals surface area (Å²) in [5, 5.41) is 4.78. The van der Waals surface area contributed by atoms with Gasteiger partial charge in [0.1, 0.15) is 24.6 Å². The molecule has 2 saturated heterocycles. The van der Waals surface area contributed by atoms with Crippen molar-refractivity contribution in [3.05, 3.63) is 70.5 Å². The first-order valence-corrected chi connectivity index (χ1v) is 15.8. The number of piperidine rings is 1. The molecular formula is C30H38ClFN6O4S. The van der Waals surface area contributed by atoms with Crippen molar-refractivity contribution < 1.29 is 23.4 Å². The topological polar surface area (TPSA) is 96.5 Å². The van der Waals surface area contributed by atoms with E-state index in [4.69, 9.17) is 30.8 Å². The van der Waals surface area contributed by atoms with Gasteiger partial charge in [0.25, 0.3) is 0 Å². The number of carbonyl (C=O) groups excluding carboxylic acids is 1. The summed E-state index contributed by atoms with van der Waals surface area (Å²) in [6, 6.07) is 10.3. The molecule has 4 heterocycles. The second-order valence-electron chi connectivity index (χ2n) is 9.76. The van der Waals surface area contributed by atoms with Crippen molar-refractivity contribution in [3.63, 3.8) is 0 Å². The molecule has 0 bridgehead atoms. The van der Waals surface area contributed by atoms with Crippen LogP contribution in [0.15, 0.2) is 42.7 Å². The van der Waals surface area contributed by atoms with Crippen LogP contribution in [0.25, 0.3) is 11.0 Å². The van der Waals surface area contributed by atoms with Gasteiger partial charge in [0.05, 0.1) is 48.8 Å². The Hall–Kier alpha value is -3.19. The summed E-state index contributed by atoms with van der Waals surface area (Å²) >= 11 is 7.65. The molecule has 232 valence electrons. The molecule has 0 N–H and O–H groups in total. The van der Waals surface area contributed by atoms with E-state index in [1.807, 2.05) is 54.0 Å². The lowest BCUT2D eigenvalue weighted by molar-refractivity contribution is 0.0601. The summed E-state index contributed by atoms with van der Waals surface area (Å²) in [5.41, 5.74) is 2.66. The van der Waals surface area contributed by atoms with E-state index in [0.29, 0.717) is 22.7 Å². The first-order chi connectivity index (χ1) is 20.9. The summed E-state index contributed by atoms with van der Waals surface area (Å²) in [7, 11) is 3.34. The highest BCUT2D eigenvalue weighted by Crippen LogP contribution is 2.25. The SMILES string of the molecule is C1CSCO1.CC.COC(=O)c1ccc2nc(CN3CCC(n4cnc(OCc5ccc(Cl)cc5F)n4)CC3)n(C)c2c1. The van der Waals surface area contributed by atoms with Crippen molar-refractivity contribution in [2.45, 2.75) is 45.9 Å². The van der Waals surface area contributed by atoms with Crippen molar-refractivity contribution in [2.75, 3.05) is 38.5 Å². The van der Waals surface area contributed by atoms with Gasteiger partial charge in [-0.1, -0.05) is 31.5 Å². The Bertz CT molecular complexity index is 1480. The van der Waals surface area contributed by atoms with Gasteiger partial charge in [-0.05, 0) is 43.2 Å². The Labute approximate surface area is 260 Å². The van der Waals surface area contributed by atoms with E-state index in [9.17, 15) is 9.18 Å². The molecule has 4 aromatic rings. The second-order valence-corrected chi connectivity index (χ2v) is 11.2. The lowest BCUT2D eigenvalue weighted by Crippen LogP contribution is -2.35.